The van der Waals surface area contributed by atoms with Gasteiger partial charge in [0.25, 0.3) is 0 Å². The Morgan fingerprint density at radius 2 is 1.92 bits per heavy atom. The minimum atomic E-state index is -3.73. The molecule has 0 radical (unpaired) electrons. The summed E-state index contributed by atoms with van der Waals surface area (Å²) >= 11 is 3.12. The maximum absolute atomic E-state index is 13.6. The van der Waals surface area contributed by atoms with Gasteiger partial charge >= 0.3 is 5.97 Å². The standard InChI is InChI=1S/C17H22BrFN2O4S/c1-16(2,3)25-15(22)17(4,26(5,23)24)6-7-21-10-11-8-12(18)13(19)9-14(11)20-21/h8-10H,6-7H2,1-5H3. The van der Waals surface area contributed by atoms with E-state index < -0.39 is 32.0 Å². The molecule has 26 heavy (non-hydrogen) atoms. The maximum Gasteiger partial charge on any atom is 0.327 e. The fourth-order valence-electron chi connectivity index (χ4n) is 2.34. The Balaban J connectivity index is 2.29. The van der Waals surface area contributed by atoms with Crippen LogP contribution in [0.25, 0.3) is 10.9 Å². The first-order chi connectivity index (χ1) is 11.7. The molecule has 6 nitrogen and oxygen atoms in total. The smallest absolute Gasteiger partial charge is 0.327 e. The van der Waals surface area contributed by atoms with Gasteiger partial charge in [0, 0.05) is 30.4 Å². The van der Waals surface area contributed by atoms with Crippen molar-refractivity contribution >= 4 is 42.6 Å². The number of sulfone groups is 1. The zero-order valence-corrected chi connectivity index (χ0v) is 17.7. The number of aryl methyl sites for hydroxylation is 1. The molecule has 1 unspecified atom stereocenters. The highest BCUT2D eigenvalue weighted by atomic mass is 79.9. The molecule has 0 aliphatic rings. The summed E-state index contributed by atoms with van der Waals surface area (Å²) in [6.07, 6.45) is 2.68. The summed E-state index contributed by atoms with van der Waals surface area (Å²) in [7, 11) is -3.73. The largest absolute Gasteiger partial charge is 0.459 e. The summed E-state index contributed by atoms with van der Waals surface area (Å²) in [6, 6.07) is 2.89. The van der Waals surface area contributed by atoms with Crippen LogP contribution in [-0.4, -0.2) is 40.8 Å². The molecule has 2 aromatic rings. The maximum atomic E-state index is 13.6. The van der Waals surface area contributed by atoms with E-state index >= 15 is 0 Å². The van der Waals surface area contributed by atoms with Crippen LogP contribution < -0.4 is 0 Å². The molecular weight excluding hydrogens is 427 g/mol. The van der Waals surface area contributed by atoms with Gasteiger partial charge in [0.05, 0.1) is 9.99 Å². The molecule has 0 aliphatic carbocycles. The second kappa shape index (κ2) is 6.92. The fraction of sp³-hybridized carbons (Fsp3) is 0.529. The molecule has 2 rings (SSSR count). The van der Waals surface area contributed by atoms with Gasteiger partial charge in [-0.05, 0) is 56.1 Å². The molecule has 0 spiro atoms. The highest BCUT2D eigenvalue weighted by Gasteiger charge is 2.46. The molecule has 0 fully saturated rings. The monoisotopic (exact) mass is 448 g/mol. The van der Waals surface area contributed by atoms with Crippen LogP contribution in [0.15, 0.2) is 22.8 Å². The van der Waals surface area contributed by atoms with Crippen LogP contribution in [0, 0.1) is 5.82 Å². The van der Waals surface area contributed by atoms with Crippen molar-refractivity contribution < 1.29 is 22.3 Å². The highest BCUT2D eigenvalue weighted by molar-refractivity contribution is 9.10. The molecule has 1 atom stereocenters. The Hall–Kier alpha value is -1.48. The third-order valence-electron chi connectivity index (χ3n) is 4.06. The molecule has 1 aromatic heterocycles. The molecule has 1 heterocycles. The van der Waals surface area contributed by atoms with Crippen LogP contribution >= 0.6 is 15.9 Å². The SMILES string of the molecule is CC(C)(C)OC(=O)C(C)(CCn1cc2cc(Br)c(F)cc2n1)S(C)(=O)=O. The summed E-state index contributed by atoms with van der Waals surface area (Å²) in [5, 5.41) is 4.95. The quantitative estimate of drug-likeness (QED) is 0.654. The Labute approximate surface area is 160 Å². The average molecular weight is 449 g/mol. The van der Waals surface area contributed by atoms with Gasteiger partial charge in [0.2, 0.25) is 0 Å². The van der Waals surface area contributed by atoms with Gasteiger partial charge in [-0.3, -0.25) is 9.48 Å². The van der Waals surface area contributed by atoms with Gasteiger partial charge in [-0.2, -0.15) is 5.10 Å². The Bertz CT molecular complexity index is 911. The lowest BCUT2D eigenvalue weighted by molar-refractivity contribution is -0.158. The number of benzene rings is 1. The minimum Gasteiger partial charge on any atom is -0.459 e. The minimum absolute atomic E-state index is 0.0155. The van der Waals surface area contributed by atoms with Crippen molar-refractivity contribution in [3.8, 4) is 0 Å². The molecule has 0 aliphatic heterocycles. The van der Waals surface area contributed by atoms with Gasteiger partial charge in [0.15, 0.2) is 14.6 Å². The Kier molecular flexibility index (Phi) is 5.54. The van der Waals surface area contributed by atoms with Crippen molar-refractivity contribution in [1.29, 1.82) is 0 Å². The van der Waals surface area contributed by atoms with E-state index in [-0.39, 0.29) is 13.0 Å². The van der Waals surface area contributed by atoms with Crippen LogP contribution in [-0.2, 0) is 25.9 Å². The third-order valence-corrected chi connectivity index (χ3v) is 6.68. The zero-order valence-electron chi connectivity index (χ0n) is 15.3. The second-order valence-corrected chi connectivity index (χ2v) is 10.8. The van der Waals surface area contributed by atoms with Crippen molar-refractivity contribution in [2.24, 2.45) is 0 Å². The number of aromatic nitrogens is 2. The Morgan fingerprint density at radius 3 is 2.46 bits per heavy atom. The molecule has 0 saturated heterocycles. The van der Waals surface area contributed by atoms with Crippen molar-refractivity contribution in [2.45, 2.75) is 51.0 Å². The van der Waals surface area contributed by atoms with Crippen molar-refractivity contribution in [1.82, 2.24) is 9.78 Å². The third kappa shape index (κ3) is 4.43. The van der Waals surface area contributed by atoms with Gasteiger partial charge in [-0.25, -0.2) is 12.8 Å². The number of carbonyl (C=O) groups excluding carboxylic acids is 1. The molecule has 0 bridgehead atoms. The first-order valence-electron chi connectivity index (χ1n) is 7.98. The van der Waals surface area contributed by atoms with Gasteiger partial charge in [0.1, 0.15) is 11.4 Å². The lowest BCUT2D eigenvalue weighted by Crippen LogP contribution is -2.47. The van der Waals surface area contributed by atoms with E-state index in [1.807, 2.05) is 0 Å². The molecule has 9 heteroatoms. The van der Waals surface area contributed by atoms with E-state index in [9.17, 15) is 17.6 Å². The van der Waals surface area contributed by atoms with Crippen molar-refractivity contribution in [2.75, 3.05) is 6.26 Å². The van der Waals surface area contributed by atoms with E-state index in [1.54, 1.807) is 33.0 Å². The van der Waals surface area contributed by atoms with E-state index in [1.165, 1.54) is 17.7 Å². The predicted molar refractivity (Wildman–Crippen MR) is 101 cm³/mol. The summed E-state index contributed by atoms with van der Waals surface area (Å²) in [6.45, 7) is 6.56. The number of fused-ring (bicyclic) bond motifs is 1. The summed E-state index contributed by atoms with van der Waals surface area (Å²) < 4.78 is 43.6. The topological polar surface area (TPSA) is 78.3 Å². The molecular formula is C17H22BrFN2O4S. The van der Waals surface area contributed by atoms with Crippen molar-refractivity contribution in [3.05, 3.63) is 28.6 Å². The Morgan fingerprint density at radius 1 is 1.31 bits per heavy atom. The second-order valence-electron chi connectivity index (χ2n) is 7.47. The number of esters is 1. The first kappa shape index (κ1) is 20.8. The molecule has 0 saturated carbocycles. The number of hydrogen-bond donors (Lipinski definition) is 0. The number of halogens is 2. The fourth-order valence-corrected chi connectivity index (χ4v) is 3.50. The van der Waals surface area contributed by atoms with Crippen molar-refractivity contribution in [3.63, 3.8) is 0 Å². The van der Waals surface area contributed by atoms with Crippen LogP contribution in [0.1, 0.15) is 34.1 Å². The average Bonchev–Trinajstić information content (AvgIpc) is 2.84. The zero-order chi connectivity index (χ0) is 19.9. The van der Waals surface area contributed by atoms with Crippen LogP contribution in [0.4, 0.5) is 4.39 Å². The molecule has 1 aromatic carbocycles. The summed E-state index contributed by atoms with van der Waals surface area (Å²) in [4.78, 5) is 12.5. The van der Waals surface area contributed by atoms with Gasteiger partial charge in [-0.1, -0.05) is 0 Å². The number of nitrogens with zero attached hydrogens (tertiary/aromatic N) is 2. The number of carbonyl (C=O) groups is 1. The number of ether oxygens (including phenoxy) is 1. The molecule has 0 N–H and O–H groups in total. The van der Waals surface area contributed by atoms with E-state index in [0.29, 0.717) is 15.4 Å². The van der Waals surface area contributed by atoms with E-state index in [4.69, 9.17) is 4.74 Å². The highest BCUT2D eigenvalue weighted by Crippen LogP contribution is 2.27. The molecule has 0 amide bonds. The van der Waals surface area contributed by atoms with Gasteiger partial charge in [-0.15, -0.1) is 0 Å². The normalized spacial score (nSPS) is 15.0. The first-order valence-corrected chi connectivity index (χ1v) is 10.7. The van der Waals surface area contributed by atoms with Crippen LogP contribution in [0.3, 0.4) is 0 Å². The summed E-state index contributed by atoms with van der Waals surface area (Å²) in [5.41, 5.74) is -0.350. The van der Waals surface area contributed by atoms with Crippen LogP contribution in [0.2, 0.25) is 0 Å². The van der Waals surface area contributed by atoms with E-state index in [0.717, 1.165) is 6.26 Å². The lowest BCUT2D eigenvalue weighted by atomic mass is 10.1. The van der Waals surface area contributed by atoms with E-state index in [2.05, 4.69) is 21.0 Å². The van der Waals surface area contributed by atoms with Crippen LogP contribution in [0.5, 0.6) is 0 Å². The number of hydrogen-bond acceptors (Lipinski definition) is 5. The predicted octanol–water partition coefficient (Wildman–Crippen LogP) is 3.47. The lowest BCUT2D eigenvalue weighted by Gasteiger charge is -2.30. The van der Waals surface area contributed by atoms with Gasteiger partial charge < -0.3 is 4.74 Å². The molecule has 144 valence electrons. The number of rotatable bonds is 5. The summed E-state index contributed by atoms with van der Waals surface area (Å²) in [5.74, 6) is -1.23.